The summed E-state index contributed by atoms with van der Waals surface area (Å²) in [6.45, 7) is 5.60. The second kappa shape index (κ2) is 13.3. The van der Waals surface area contributed by atoms with Crippen molar-refractivity contribution < 1.29 is 23.9 Å². The largest absolute Gasteiger partial charge is 0.461 e. The molecule has 0 aliphatic carbocycles. The minimum absolute atomic E-state index is 0.0898. The van der Waals surface area contributed by atoms with Gasteiger partial charge >= 0.3 is 17.6 Å². The Morgan fingerprint density at radius 3 is 1.84 bits per heavy atom. The Balaban J connectivity index is 1.44. The summed E-state index contributed by atoms with van der Waals surface area (Å²) < 4.78 is 13.6. The summed E-state index contributed by atoms with van der Waals surface area (Å²) in [4.78, 5) is 65.9. The normalized spacial score (nSPS) is 17.7. The highest BCUT2D eigenvalue weighted by atomic mass is 127. The van der Waals surface area contributed by atoms with Crippen LogP contribution in [0.2, 0.25) is 0 Å². The van der Waals surface area contributed by atoms with Crippen LogP contribution in [0.15, 0.2) is 88.6 Å². The Morgan fingerprint density at radius 2 is 1.30 bits per heavy atom. The van der Waals surface area contributed by atoms with Crippen LogP contribution >= 0.6 is 34.4 Å². The Morgan fingerprint density at radius 1 is 0.795 bits per heavy atom. The van der Waals surface area contributed by atoms with Gasteiger partial charge in [-0.25, -0.2) is 14.4 Å². The Kier molecular flexibility index (Phi) is 9.54. The van der Waals surface area contributed by atoms with Gasteiger partial charge in [-0.05, 0) is 79.8 Å². The molecule has 226 valence electrons. The topological polar surface area (TPSA) is 114 Å². The van der Waals surface area contributed by atoms with Crippen LogP contribution in [-0.2, 0) is 9.47 Å². The molecule has 1 fully saturated rings. The fraction of sp³-hybridized carbons (Fsp3) is 0.242. The van der Waals surface area contributed by atoms with Gasteiger partial charge < -0.3 is 9.47 Å². The zero-order chi connectivity index (χ0) is 31.5. The molecule has 44 heavy (non-hydrogen) atoms. The fourth-order valence-electron chi connectivity index (χ4n) is 4.72. The molecule has 1 aliphatic rings. The van der Waals surface area contributed by atoms with Crippen molar-refractivity contribution in [1.29, 1.82) is 0 Å². The van der Waals surface area contributed by atoms with Gasteiger partial charge in [-0.15, -0.1) is 11.8 Å². The molecule has 0 N–H and O–H groups in total. The zero-order valence-corrected chi connectivity index (χ0v) is 27.2. The van der Waals surface area contributed by atoms with Crippen LogP contribution in [0.5, 0.6) is 0 Å². The molecule has 0 spiro atoms. The van der Waals surface area contributed by atoms with Crippen LogP contribution < -0.4 is 11.2 Å². The SMILES string of the molecule is Cc1ccc(C(=O)OC[C@H]2S[C@@H](n3cc(I)c(=O)n(C(=O)c4ccc(C)cc4)c3=O)C[C@@H]2OC(=O)c2ccc(C)cc2)cc1. The van der Waals surface area contributed by atoms with Crippen molar-refractivity contribution in [1.82, 2.24) is 9.13 Å². The first kappa shape index (κ1) is 31.5. The molecule has 1 aromatic heterocycles. The molecular formula is C33H29IN2O7S. The van der Waals surface area contributed by atoms with Crippen LogP contribution in [-0.4, -0.2) is 44.9 Å². The number of carbonyl (C=O) groups excluding carboxylic acids is 3. The number of esters is 2. The minimum Gasteiger partial charge on any atom is -0.461 e. The van der Waals surface area contributed by atoms with Crippen LogP contribution in [0.4, 0.5) is 0 Å². The van der Waals surface area contributed by atoms with Crippen LogP contribution in [0, 0.1) is 24.3 Å². The lowest BCUT2D eigenvalue weighted by Crippen LogP contribution is -2.45. The first-order valence-corrected chi connectivity index (χ1v) is 15.9. The Bertz CT molecular complexity index is 1830. The molecule has 2 heterocycles. The third-order valence-corrected chi connectivity index (χ3v) is 9.54. The number of aromatic nitrogens is 2. The zero-order valence-electron chi connectivity index (χ0n) is 24.2. The van der Waals surface area contributed by atoms with E-state index in [4.69, 9.17) is 9.47 Å². The van der Waals surface area contributed by atoms with Crippen LogP contribution in [0.25, 0.3) is 0 Å². The van der Waals surface area contributed by atoms with Crippen molar-refractivity contribution in [3.8, 4) is 0 Å². The minimum atomic E-state index is -0.806. The number of halogens is 1. The number of ether oxygens (including phenoxy) is 2. The summed E-state index contributed by atoms with van der Waals surface area (Å²) in [5.41, 5.74) is 2.35. The number of nitrogens with zero attached hydrogens (tertiary/aromatic N) is 2. The lowest BCUT2D eigenvalue weighted by Gasteiger charge is -2.19. The third-order valence-electron chi connectivity index (χ3n) is 7.28. The maximum atomic E-state index is 13.7. The maximum Gasteiger partial charge on any atom is 0.339 e. The highest BCUT2D eigenvalue weighted by molar-refractivity contribution is 14.1. The van der Waals surface area contributed by atoms with Gasteiger partial charge in [0.15, 0.2) is 0 Å². The molecule has 1 aliphatic heterocycles. The van der Waals surface area contributed by atoms with Crippen LogP contribution in [0.1, 0.15) is 59.6 Å². The van der Waals surface area contributed by atoms with E-state index in [2.05, 4.69) is 0 Å². The Hall–Kier alpha value is -3.97. The molecule has 4 aromatic rings. The summed E-state index contributed by atoms with van der Waals surface area (Å²) in [6, 6.07) is 20.5. The molecule has 3 atom stereocenters. The highest BCUT2D eigenvalue weighted by Crippen LogP contribution is 2.43. The standard InChI is InChI=1S/C33H29IN2O7S/c1-19-4-10-22(11-5-19)29(37)36-30(38)25(34)17-35(33(36)41)28-16-26(43-32(40)24-14-8-21(3)9-15-24)27(44-28)18-42-31(39)23-12-6-20(2)7-13-23/h4-15,17,26-28H,16,18H2,1-3H3/t26-,27+,28+/m0/s1. The van der Waals surface area contributed by atoms with Gasteiger partial charge in [0.25, 0.3) is 11.5 Å². The number of thioether (sulfide) groups is 1. The van der Waals surface area contributed by atoms with E-state index in [0.717, 1.165) is 16.7 Å². The lowest BCUT2D eigenvalue weighted by molar-refractivity contribution is 0.0204. The summed E-state index contributed by atoms with van der Waals surface area (Å²) in [5.74, 6) is -1.81. The average molecular weight is 725 g/mol. The number of benzene rings is 3. The van der Waals surface area contributed by atoms with Crippen molar-refractivity contribution in [2.45, 2.75) is 43.9 Å². The molecule has 0 saturated carbocycles. The lowest BCUT2D eigenvalue weighted by atomic mass is 10.1. The van der Waals surface area contributed by atoms with E-state index >= 15 is 0 Å². The number of aryl methyl sites for hydroxylation is 3. The molecule has 0 unspecified atom stereocenters. The van der Waals surface area contributed by atoms with Crippen molar-refractivity contribution in [3.05, 3.63) is 137 Å². The van der Waals surface area contributed by atoms with Crippen LogP contribution in [0.3, 0.4) is 0 Å². The molecule has 0 bridgehead atoms. The molecular weight excluding hydrogens is 695 g/mol. The molecule has 3 aromatic carbocycles. The molecule has 1 saturated heterocycles. The van der Waals surface area contributed by atoms with Gasteiger partial charge in [0.2, 0.25) is 0 Å². The predicted octanol–water partition coefficient (Wildman–Crippen LogP) is 5.32. The number of hydrogen-bond donors (Lipinski definition) is 0. The highest BCUT2D eigenvalue weighted by Gasteiger charge is 2.40. The summed E-state index contributed by atoms with van der Waals surface area (Å²) in [7, 11) is 0. The van der Waals surface area contributed by atoms with Crippen molar-refractivity contribution in [2.75, 3.05) is 6.61 Å². The second-order valence-electron chi connectivity index (χ2n) is 10.6. The first-order chi connectivity index (χ1) is 21.0. The Labute approximate surface area is 271 Å². The smallest absolute Gasteiger partial charge is 0.339 e. The molecule has 0 radical (unpaired) electrons. The van der Waals surface area contributed by atoms with Gasteiger partial charge in [-0.1, -0.05) is 53.1 Å². The quantitative estimate of drug-likeness (QED) is 0.186. The maximum absolute atomic E-state index is 13.7. The van der Waals surface area contributed by atoms with Gasteiger partial charge in [0.1, 0.15) is 12.7 Å². The van der Waals surface area contributed by atoms with Gasteiger partial charge in [0, 0.05) is 18.2 Å². The fourth-order valence-corrected chi connectivity index (χ4v) is 6.74. The molecule has 9 nitrogen and oxygen atoms in total. The summed E-state index contributed by atoms with van der Waals surface area (Å²) >= 11 is 3.08. The summed E-state index contributed by atoms with van der Waals surface area (Å²) in [5, 5.41) is -1.14. The van der Waals surface area contributed by atoms with Crippen molar-refractivity contribution in [3.63, 3.8) is 0 Å². The van der Waals surface area contributed by atoms with E-state index in [1.807, 2.05) is 32.9 Å². The van der Waals surface area contributed by atoms with Gasteiger partial charge in [0.05, 0.1) is 25.3 Å². The molecule has 5 rings (SSSR count). The summed E-state index contributed by atoms with van der Waals surface area (Å²) in [6.07, 6.45) is 0.853. The number of hydrogen-bond acceptors (Lipinski definition) is 8. The first-order valence-electron chi connectivity index (χ1n) is 13.8. The second-order valence-corrected chi connectivity index (χ2v) is 13.2. The third kappa shape index (κ3) is 6.88. The van der Waals surface area contributed by atoms with E-state index in [1.54, 1.807) is 83.3 Å². The van der Waals surface area contributed by atoms with E-state index < -0.39 is 45.8 Å². The van der Waals surface area contributed by atoms with E-state index in [1.165, 1.54) is 22.5 Å². The monoisotopic (exact) mass is 724 g/mol. The predicted molar refractivity (Wildman–Crippen MR) is 175 cm³/mol. The van der Waals surface area contributed by atoms with Gasteiger partial charge in [-0.2, -0.15) is 4.57 Å². The molecule has 11 heteroatoms. The van der Waals surface area contributed by atoms with Crippen molar-refractivity contribution >= 4 is 52.2 Å². The van der Waals surface area contributed by atoms with E-state index in [0.29, 0.717) is 15.7 Å². The van der Waals surface area contributed by atoms with Crippen molar-refractivity contribution in [2.24, 2.45) is 0 Å². The number of carbonyl (C=O) groups is 3. The molecule has 0 amide bonds. The number of rotatable bonds is 7. The average Bonchev–Trinajstić information content (AvgIpc) is 3.40. The van der Waals surface area contributed by atoms with Gasteiger partial charge in [-0.3, -0.25) is 14.2 Å². The van der Waals surface area contributed by atoms with E-state index in [9.17, 15) is 24.0 Å². The van der Waals surface area contributed by atoms with E-state index in [-0.39, 0.29) is 22.2 Å².